The highest BCUT2D eigenvalue weighted by Gasteiger charge is 2.21. The molecule has 124 valence electrons. The van der Waals surface area contributed by atoms with E-state index >= 15 is 0 Å². The maximum Gasteiger partial charge on any atom is 0.236 e. The van der Waals surface area contributed by atoms with E-state index in [1.165, 1.54) is 0 Å². The van der Waals surface area contributed by atoms with Gasteiger partial charge in [0.25, 0.3) is 0 Å². The number of carbonyl (C=O) groups excluding carboxylic acids is 1. The third kappa shape index (κ3) is 3.86. The molecule has 2 aromatic rings. The summed E-state index contributed by atoms with van der Waals surface area (Å²) in [4.78, 5) is 16.4. The minimum atomic E-state index is 0.129. The van der Waals surface area contributed by atoms with E-state index in [4.69, 9.17) is 4.63 Å². The summed E-state index contributed by atoms with van der Waals surface area (Å²) in [6.07, 6.45) is 2.20. The van der Waals surface area contributed by atoms with Crippen molar-refractivity contribution in [1.82, 2.24) is 25.4 Å². The smallest absolute Gasteiger partial charge is 0.236 e. The number of fused-ring (bicyclic) bond motifs is 1. The normalized spacial score (nSPS) is 16.1. The lowest BCUT2D eigenvalue weighted by molar-refractivity contribution is -0.132. The Bertz CT molecular complexity index is 665. The largest absolute Gasteiger partial charge is 0.340 e. The molecule has 1 saturated heterocycles. The fourth-order valence-corrected chi connectivity index (χ4v) is 3.00. The van der Waals surface area contributed by atoms with E-state index in [1.54, 1.807) is 4.90 Å². The Morgan fingerprint density at radius 2 is 2.00 bits per heavy atom. The summed E-state index contributed by atoms with van der Waals surface area (Å²) >= 11 is 0. The number of aromatic nitrogens is 2. The zero-order valence-corrected chi connectivity index (χ0v) is 13.7. The number of nitrogens with one attached hydrogen (secondary N) is 1. The van der Waals surface area contributed by atoms with Gasteiger partial charge < -0.3 is 10.2 Å². The van der Waals surface area contributed by atoms with Crippen LogP contribution in [0.15, 0.2) is 22.8 Å². The Morgan fingerprint density at radius 3 is 2.78 bits per heavy atom. The van der Waals surface area contributed by atoms with Crippen molar-refractivity contribution in [3.8, 4) is 0 Å². The molecule has 7 nitrogen and oxygen atoms in total. The van der Waals surface area contributed by atoms with Crippen LogP contribution in [0, 0.1) is 0 Å². The molecular formula is C16H23N5O2. The number of likely N-dealkylation sites (N-methyl/N-ethyl adjacent to an activating group) is 2. The number of rotatable bonds is 5. The van der Waals surface area contributed by atoms with E-state index in [-0.39, 0.29) is 5.91 Å². The Morgan fingerprint density at radius 1 is 1.26 bits per heavy atom. The number of hydrogen-bond donors (Lipinski definition) is 1. The van der Waals surface area contributed by atoms with Gasteiger partial charge in [-0.05, 0) is 61.0 Å². The van der Waals surface area contributed by atoms with Crippen LogP contribution in [-0.2, 0) is 11.3 Å². The standard InChI is InChI=1S/C16H23N5O2/c1-20(13-5-7-17-8-6-13)11-16(22)21(2)10-12-3-4-14-15(9-12)19-23-18-14/h3-4,9,13,17H,5-8,10-11H2,1-2H3. The Balaban J connectivity index is 1.56. The van der Waals surface area contributed by atoms with Crippen molar-refractivity contribution < 1.29 is 9.42 Å². The minimum Gasteiger partial charge on any atom is -0.340 e. The zero-order valence-electron chi connectivity index (χ0n) is 13.7. The van der Waals surface area contributed by atoms with Crippen LogP contribution in [0.4, 0.5) is 0 Å². The number of amides is 1. The second-order valence-corrected chi connectivity index (χ2v) is 6.23. The highest BCUT2D eigenvalue weighted by molar-refractivity contribution is 5.78. The first-order valence-electron chi connectivity index (χ1n) is 7.99. The summed E-state index contributed by atoms with van der Waals surface area (Å²) in [5.74, 6) is 0.129. The van der Waals surface area contributed by atoms with Crippen molar-refractivity contribution in [1.29, 1.82) is 0 Å². The third-order valence-electron chi connectivity index (χ3n) is 4.48. The molecule has 0 saturated carbocycles. The van der Waals surface area contributed by atoms with E-state index in [1.807, 2.05) is 32.3 Å². The molecule has 1 aromatic heterocycles. The van der Waals surface area contributed by atoms with E-state index in [2.05, 4.69) is 20.5 Å². The van der Waals surface area contributed by atoms with E-state index in [9.17, 15) is 4.79 Å². The molecule has 0 atom stereocenters. The molecule has 0 unspecified atom stereocenters. The molecule has 2 heterocycles. The van der Waals surface area contributed by atoms with Crippen molar-refractivity contribution in [2.45, 2.75) is 25.4 Å². The summed E-state index contributed by atoms with van der Waals surface area (Å²) in [6, 6.07) is 6.21. The molecule has 1 N–H and O–H groups in total. The van der Waals surface area contributed by atoms with Gasteiger partial charge in [0, 0.05) is 19.6 Å². The predicted molar refractivity (Wildman–Crippen MR) is 86.8 cm³/mol. The van der Waals surface area contributed by atoms with E-state index < -0.39 is 0 Å². The summed E-state index contributed by atoms with van der Waals surface area (Å²) in [5.41, 5.74) is 2.47. The van der Waals surface area contributed by atoms with Gasteiger partial charge in [-0.25, -0.2) is 4.63 Å². The van der Waals surface area contributed by atoms with Gasteiger partial charge in [-0.15, -0.1) is 0 Å². The number of piperidine rings is 1. The Labute approximate surface area is 135 Å². The average molecular weight is 317 g/mol. The first-order valence-corrected chi connectivity index (χ1v) is 7.99. The van der Waals surface area contributed by atoms with Crippen LogP contribution in [0.3, 0.4) is 0 Å². The quantitative estimate of drug-likeness (QED) is 0.882. The van der Waals surface area contributed by atoms with Crippen molar-refractivity contribution >= 4 is 16.9 Å². The first-order chi connectivity index (χ1) is 11.1. The van der Waals surface area contributed by atoms with Crippen molar-refractivity contribution in [3.05, 3.63) is 23.8 Å². The van der Waals surface area contributed by atoms with Gasteiger partial charge in [0.1, 0.15) is 11.0 Å². The summed E-state index contributed by atoms with van der Waals surface area (Å²) in [5, 5.41) is 11.0. The SMILES string of the molecule is CN(Cc1ccc2nonc2c1)C(=O)CN(C)C1CCNCC1. The maximum absolute atomic E-state index is 12.4. The summed E-state index contributed by atoms with van der Waals surface area (Å²) in [6.45, 7) is 3.08. The highest BCUT2D eigenvalue weighted by Crippen LogP contribution is 2.14. The summed E-state index contributed by atoms with van der Waals surface area (Å²) < 4.78 is 4.70. The average Bonchev–Trinajstić information content (AvgIpc) is 3.03. The van der Waals surface area contributed by atoms with Gasteiger partial charge in [0.15, 0.2) is 0 Å². The highest BCUT2D eigenvalue weighted by atomic mass is 16.6. The number of benzene rings is 1. The lowest BCUT2D eigenvalue weighted by Gasteiger charge is -2.32. The zero-order chi connectivity index (χ0) is 16.2. The molecule has 3 rings (SSSR count). The molecular weight excluding hydrogens is 294 g/mol. The molecule has 1 aromatic carbocycles. The molecule has 1 aliphatic heterocycles. The second kappa shape index (κ2) is 7.06. The van der Waals surface area contributed by atoms with Crippen LogP contribution in [0.2, 0.25) is 0 Å². The molecule has 0 bridgehead atoms. The van der Waals surface area contributed by atoms with Gasteiger partial charge in [-0.1, -0.05) is 6.07 Å². The van der Waals surface area contributed by atoms with E-state index in [0.29, 0.717) is 19.1 Å². The monoisotopic (exact) mass is 317 g/mol. The molecule has 7 heteroatoms. The molecule has 0 spiro atoms. The van der Waals surface area contributed by atoms with Crippen molar-refractivity contribution in [2.75, 3.05) is 33.7 Å². The van der Waals surface area contributed by atoms with Crippen LogP contribution >= 0.6 is 0 Å². The van der Waals surface area contributed by atoms with Crippen molar-refractivity contribution in [3.63, 3.8) is 0 Å². The topological polar surface area (TPSA) is 74.5 Å². The summed E-state index contributed by atoms with van der Waals surface area (Å²) in [7, 11) is 3.87. The lowest BCUT2D eigenvalue weighted by Crippen LogP contribution is -2.45. The van der Waals surface area contributed by atoms with Gasteiger partial charge in [-0.2, -0.15) is 0 Å². The third-order valence-corrected chi connectivity index (χ3v) is 4.48. The molecule has 23 heavy (non-hydrogen) atoms. The molecule has 1 fully saturated rings. The first kappa shape index (κ1) is 15.9. The van der Waals surface area contributed by atoms with Gasteiger partial charge >= 0.3 is 0 Å². The fraction of sp³-hybridized carbons (Fsp3) is 0.562. The number of carbonyl (C=O) groups is 1. The molecule has 1 amide bonds. The second-order valence-electron chi connectivity index (χ2n) is 6.23. The van der Waals surface area contributed by atoms with Gasteiger partial charge in [0.2, 0.25) is 5.91 Å². The molecule has 0 radical (unpaired) electrons. The van der Waals surface area contributed by atoms with Crippen LogP contribution in [0.1, 0.15) is 18.4 Å². The van der Waals surface area contributed by atoms with Crippen molar-refractivity contribution in [2.24, 2.45) is 0 Å². The van der Waals surface area contributed by atoms with Gasteiger partial charge in [-0.3, -0.25) is 9.69 Å². The van der Waals surface area contributed by atoms with Crippen LogP contribution in [0.5, 0.6) is 0 Å². The minimum absolute atomic E-state index is 0.129. The maximum atomic E-state index is 12.4. The Hall–Kier alpha value is -1.99. The molecule has 1 aliphatic rings. The number of nitrogens with zero attached hydrogens (tertiary/aromatic N) is 4. The Kier molecular flexibility index (Phi) is 4.88. The fourth-order valence-electron chi connectivity index (χ4n) is 3.00. The van der Waals surface area contributed by atoms with Crippen LogP contribution < -0.4 is 5.32 Å². The van der Waals surface area contributed by atoms with Crippen LogP contribution in [-0.4, -0.2) is 65.8 Å². The van der Waals surface area contributed by atoms with Gasteiger partial charge in [0.05, 0.1) is 6.54 Å². The van der Waals surface area contributed by atoms with Crippen LogP contribution in [0.25, 0.3) is 11.0 Å². The number of hydrogen-bond acceptors (Lipinski definition) is 6. The lowest BCUT2D eigenvalue weighted by atomic mass is 10.1. The predicted octanol–water partition coefficient (Wildman–Crippen LogP) is 0.865. The van der Waals surface area contributed by atoms with E-state index in [0.717, 1.165) is 42.5 Å². The molecule has 0 aliphatic carbocycles.